The van der Waals surface area contributed by atoms with Crippen molar-refractivity contribution in [2.24, 2.45) is 5.92 Å². The summed E-state index contributed by atoms with van der Waals surface area (Å²) >= 11 is 0. The Kier molecular flexibility index (Phi) is 5.27. The summed E-state index contributed by atoms with van der Waals surface area (Å²) in [6.07, 6.45) is 0.909. The summed E-state index contributed by atoms with van der Waals surface area (Å²) in [6, 6.07) is 0. The van der Waals surface area contributed by atoms with Crippen LogP contribution in [0.15, 0.2) is 0 Å². The van der Waals surface area contributed by atoms with Crippen molar-refractivity contribution in [3.05, 3.63) is 0 Å². The highest BCUT2D eigenvalue weighted by molar-refractivity contribution is 7.91. The molecule has 0 aromatic heterocycles. The van der Waals surface area contributed by atoms with Gasteiger partial charge in [-0.3, -0.25) is 9.59 Å². The predicted molar refractivity (Wildman–Crippen MR) is 54.1 cm³/mol. The van der Waals surface area contributed by atoms with Gasteiger partial charge in [0.15, 0.2) is 9.84 Å². The molecule has 0 bridgehead atoms. The van der Waals surface area contributed by atoms with E-state index in [1.165, 1.54) is 0 Å². The number of carbonyl (C=O) groups is 2. The van der Waals surface area contributed by atoms with Crippen LogP contribution in [0.3, 0.4) is 0 Å². The molecule has 0 aliphatic carbocycles. The molecular weight excluding hydrogens is 222 g/mol. The molecular formula is C8H15NO5S. The van der Waals surface area contributed by atoms with Crippen molar-refractivity contribution in [3.8, 4) is 0 Å². The summed E-state index contributed by atoms with van der Waals surface area (Å²) in [5, 5.41) is 10.8. The molecule has 1 unspecified atom stereocenters. The second-order valence-electron chi connectivity index (χ2n) is 3.58. The van der Waals surface area contributed by atoms with Crippen molar-refractivity contribution in [3.63, 3.8) is 0 Å². The van der Waals surface area contributed by atoms with E-state index >= 15 is 0 Å². The van der Waals surface area contributed by atoms with Crippen molar-refractivity contribution in [1.29, 1.82) is 0 Å². The van der Waals surface area contributed by atoms with E-state index in [1.807, 2.05) is 0 Å². The van der Waals surface area contributed by atoms with E-state index in [2.05, 4.69) is 5.32 Å². The van der Waals surface area contributed by atoms with Crippen LogP contribution in [0.4, 0.5) is 0 Å². The molecule has 1 atom stereocenters. The average molecular weight is 237 g/mol. The molecule has 0 aliphatic rings. The van der Waals surface area contributed by atoms with E-state index in [1.54, 1.807) is 6.92 Å². The van der Waals surface area contributed by atoms with Crippen LogP contribution < -0.4 is 5.32 Å². The minimum Gasteiger partial charge on any atom is -0.481 e. The normalized spacial score (nSPS) is 13.2. The minimum atomic E-state index is -3.32. The Morgan fingerprint density at radius 1 is 1.40 bits per heavy atom. The van der Waals surface area contributed by atoms with Gasteiger partial charge >= 0.3 is 5.97 Å². The fraction of sp³-hybridized carbons (Fsp3) is 0.750. The van der Waals surface area contributed by atoms with Crippen molar-refractivity contribution in [2.75, 3.05) is 18.6 Å². The number of carboxylic acid groups (broad SMARTS) is 1. The van der Waals surface area contributed by atoms with Crippen molar-refractivity contribution >= 4 is 21.7 Å². The number of hydrogen-bond donors (Lipinski definition) is 2. The average Bonchev–Trinajstić information content (AvgIpc) is 1.96. The summed E-state index contributed by atoms with van der Waals surface area (Å²) < 4.78 is 21.4. The molecule has 0 fully saturated rings. The van der Waals surface area contributed by atoms with Crippen LogP contribution in [0.25, 0.3) is 0 Å². The quantitative estimate of drug-likeness (QED) is 0.633. The summed E-state index contributed by atoms with van der Waals surface area (Å²) in [5.41, 5.74) is 0. The third-order valence-electron chi connectivity index (χ3n) is 1.56. The summed E-state index contributed by atoms with van der Waals surface area (Å²) in [4.78, 5) is 21.3. The fourth-order valence-corrected chi connectivity index (χ4v) is 1.53. The maximum atomic E-state index is 11.0. The third kappa shape index (κ3) is 9.20. The Bertz CT molecular complexity index is 335. The largest absolute Gasteiger partial charge is 0.481 e. The molecule has 0 heterocycles. The number of nitrogens with one attached hydrogen (secondary N) is 1. The molecule has 0 aromatic rings. The lowest BCUT2D eigenvalue weighted by atomic mass is 10.1. The third-order valence-corrected chi connectivity index (χ3v) is 2.35. The minimum absolute atomic E-state index is 0.0564. The fourth-order valence-electron chi connectivity index (χ4n) is 0.947. The number of carboxylic acids is 1. The van der Waals surface area contributed by atoms with Crippen LogP contribution in [0, 0.1) is 5.92 Å². The van der Waals surface area contributed by atoms with Crippen LogP contribution in [0.1, 0.15) is 13.3 Å². The van der Waals surface area contributed by atoms with Gasteiger partial charge in [0.25, 0.3) is 0 Å². The van der Waals surface area contributed by atoms with Gasteiger partial charge in [-0.15, -0.1) is 0 Å². The van der Waals surface area contributed by atoms with Crippen molar-refractivity contribution in [1.82, 2.24) is 5.32 Å². The van der Waals surface area contributed by atoms with E-state index < -0.39 is 27.5 Å². The molecule has 0 saturated heterocycles. The maximum Gasteiger partial charge on any atom is 0.303 e. The van der Waals surface area contributed by atoms with Crippen LogP contribution in [0.5, 0.6) is 0 Å². The van der Waals surface area contributed by atoms with Gasteiger partial charge in [-0.05, 0) is 5.92 Å². The lowest BCUT2D eigenvalue weighted by Crippen LogP contribution is -2.33. The van der Waals surface area contributed by atoms with Gasteiger partial charge in [0.1, 0.15) is 5.75 Å². The molecule has 0 aliphatic heterocycles. The Labute approximate surface area is 88.6 Å². The summed E-state index contributed by atoms with van der Waals surface area (Å²) in [6.45, 7) is 1.83. The molecule has 2 N–H and O–H groups in total. The SMILES string of the molecule is CC(CNC(=O)CS(C)(=O)=O)CC(=O)O. The Morgan fingerprint density at radius 3 is 2.33 bits per heavy atom. The molecule has 0 saturated carbocycles. The van der Waals surface area contributed by atoms with E-state index in [4.69, 9.17) is 5.11 Å². The van der Waals surface area contributed by atoms with Crippen molar-refractivity contribution < 1.29 is 23.1 Å². The number of carbonyl (C=O) groups excluding carboxylic acids is 1. The van der Waals surface area contributed by atoms with Gasteiger partial charge in [0.2, 0.25) is 5.91 Å². The maximum absolute atomic E-state index is 11.0. The first-order chi connectivity index (χ1) is 6.70. The molecule has 1 amide bonds. The molecule has 0 aromatic carbocycles. The first kappa shape index (κ1) is 13.9. The van der Waals surface area contributed by atoms with Gasteiger partial charge in [0.05, 0.1) is 0 Å². The molecule has 6 nitrogen and oxygen atoms in total. The number of amides is 1. The highest BCUT2D eigenvalue weighted by Gasteiger charge is 2.12. The molecule has 15 heavy (non-hydrogen) atoms. The zero-order chi connectivity index (χ0) is 12.1. The zero-order valence-corrected chi connectivity index (χ0v) is 9.50. The van der Waals surface area contributed by atoms with Crippen LogP contribution in [-0.4, -0.2) is 44.0 Å². The highest BCUT2D eigenvalue weighted by Crippen LogP contribution is 1.99. The zero-order valence-electron chi connectivity index (χ0n) is 8.69. The topological polar surface area (TPSA) is 101 Å². The molecule has 0 rings (SSSR count). The van der Waals surface area contributed by atoms with E-state index in [9.17, 15) is 18.0 Å². The van der Waals surface area contributed by atoms with E-state index in [0.29, 0.717) is 0 Å². The van der Waals surface area contributed by atoms with E-state index in [-0.39, 0.29) is 18.9 Å². The molecule has 0 radical (unpaired) electrons. The molecule has 0 spiro atoms. The first-order valence-electron chi connectivity index (χ1n) is 4.37. The standard InChI is InChI=1S/C8H15NO5S/c1-6(3-8(11)12)4-9-7(10)5-15(2,13)14/h6H,3-5H2,1-2H3,(H,9,10)(H,11,12). The van der Waals surface area contributed by atoms with Crippen LogP contribution >= 0.6 is 0 Å². The van der Waals surface area contributed by atoms with E-state index in [0.717, 1.165) is 6.26 Å². The number of aliphatic carboxylic acids is 1. The number of rotatable bonds is 6. The lowest BCUT2D eigenvalue weighted by molar-refractivity contribution is -0.138. The highest BCUT2D eigenvalue weighted by atomic mass is 32.2. The second-order valence-corrected chi connectivity index (χ2v) is 5.72. The first-order valence-corrected chi connectivity index (χ1v) is 6.43. The number of hydrogen-bond acceptors (Lipinski definition) is 4. The smallest absolute Gasteiger partial charge is 0.303 e. The molecule has 7 heteroatoms. The summed E-state index contributed by atoms with van der Waals surface area (Å²) in [7, 11) is -3.32. The van der Waals surface area contributed by atoms with Gasteiger partial charge in [0, 0.05) is 19.2 Å². The van der Waals surface area contributed by atoms with Gasteiger partial charge in [-0.2, -0.15) is 0 Å². The monoisotopic (exact) mass is 237 g/mol. The van der Waals surface area contributed by atoms with Gasteiger partial charge in [-0.25, -0.2) is 8.42 Å². The Morgan fingerprint density at radius 2 is 1.93 bits per heavy atom. The Hall–Kier alpha value is -1.11. The Balaban J connectivity index is 3.86. The predicted octanol–water partition coefficient (Wildman–Crippen LogP) is -0.742. The summed E-state index contributed by atoms with van der Waals surface area (Å²) in [5.74, 6) is -2.33. The molecule has 88 valence electrons. The van der Waals surface area contributed by atoms with Crippen LogP contribution in [0.2, 0.25) is 0 Å². The lowest BCUT2D eigenvalue weighted by Gasteiger charge is -2.09. The van der Waals surface area contributed by atoms with Crippen LogP contribution in [-0.2, 0) is 19.4 Å². The van der Waals surface area contributed by atoms with Gasteiger partial charge in [-0.1, -0.05) is 6.92 Å². The number of sulfone groups is 1. The van der Waals surface area contributed by atoms with Gasteiger partial charge < -0.3 is 10.4 Å². The van der Waals surface area contributed by atoms with Crippen molar-refractivity contribution in [2.45, 2.75) is 13.3 Å². The second kappa shape index (κ2) is 5.69.